The van der Waals surface area contributed by atoms with E-state index in [1.807, 2.05) is 25.1 Å². The molecule has 122 valence electrons. The first kappa shape index (κ1) is 15.7. The fraction of sp³-hybridized carbons (Fsp3) is 0.176. The van der Waals surface area contributed by atoms with Gasteiger partial charge in [0.2, 0.25) is 0 Å². The van der Waals surface area contributed by atoms with Gasteiger partial charge in [0, 0.05) is 18.5 Å². The van der Waals surface area contributed by atoms with E-state index in [9.17, 15) is 9.59 Å². The van der Waals surface area contributed by atoms with Crippen LogP contribution in [-0.2, 0) is 0 Å². The molecule has 0 aliphatic heterocycles. The number of nitrogens with zero attached hydrogens (tertiary/aromatic N) is 2. The lowest BCUT2D eigenvalue weighted by Crippen LogP contribution is -2.32. The molecule has 0 radical (unpaired) electrons. The maximum Gasteiger partial charge on any atom is 0.349 e. The number of rotatable bonds is 5. The Morgan fingerprint density at radius 3 is 2.75 bits per heavy atom. The van der Waals surface area contributed by atoms with E-state index in [1.54, 1.807) is 18.2 Å². The number of aryl methyl sites for hydroxylation is 1. The lowest BCUT2D eigenvalue weighted by Gasteiger charge is -2.07. The number of benzene rings is 1. The minimum atomic E-state index is -0.649. The van der Waals surface area contributed by atoms with Gasteiger partial charge in [-0.1, -0.05) is 18.2 Å². The van der Waals surface area contributed by atoms with Crippen LogP contribution in [0.4, 0.5) is 5.82 Å². The van der Waals surface area contributed by atoms with Crippen molar-refractivity contribution in [1.82, 2.24) is 15.5 Å². The van der Waals surface area contributed by atoms with Crippen LogP contribution in [0.5, 0.6) is 0 Å². The van der Waals surface area contributed by atoms with Gasteiger partial charge in [-0.05, 0) is 31.2 Å². The van der Waals surface area contributed by atoms with Gasteiger partial charge in [-0.3, -0.25) is 4.79 Å². The lowest BCUT2D eigenvalue weighted by atomic mass is 10.2. The van der Waals surface area contributed by atoms with Crippen molar-refractivity contribution in [3.05, 3.63) is 64.1 Å². The first-order valence-corrected chi connectivity index (χ1v) is 7.49. The molecule has 3 rings (SSSR count). The highest BCUT2D eigenvalue weighted by molar-refractivity contribution is 5.96. The molecule has 0 atom stereocenters. The second kappa shape index (κ2) is 6.91. The summed E-state index contributed by atoms with van der Waals surface area (Å²) >= 11 is 0. The lowest BCUT2D eigenvalue weighted by molar-refractivity contribution is 0.0951. The SMILES string of the molecule is Cc1ccc(NCCNC(=O)c2cc3ccccc3oc2=O)nn1. The molecule has 0 unspecified atom stereocenters. The number of fused-ring (bicyclic) bond motifs is 1. The Bertz CT molecular complexity index is 919. The van der Waals surface area contributed by atoms with E-state index >= 15 is 0 Å². The molecule has 2 heterocycles. The van der Waals surface area contributed by atoms with Gasteiger partial charge in [0.25, 0.3) is 5.91 Å². The summed E-state index contributed by atoms with van der Waals surface area (Å²) in [6, 6.07) is 12.2. The van der Waals surface area contributed by atoms with Crippen LogP contribution < -0.4 is 16.3 Å². The van der Waals surface area contributed by atoms with Crippen LogP contribution in [0.2, 0.25) is 0 Å². The maximum absolute atomic E-state index is 12.1. The third kappa shape index (κ3) is 3.57. The summed E-state index contributed by atoms with van der Waals surface area (Å²) in [6.07, 6.45) is 0. The van der Waals surface area contributed by atoms with Crippen molar-refractivity contribution in [2.24, 2.45) is 0 Å². The Balaban J connectivity index is 1.60. The number of amides is 1. The third-order valence-electron chi connectivity index (χ3n) is 3.40. The van der Waals surface area contributed by atoms with Crippen molar-refractivity contribution in [1.29, 1.82) is 0 Å². The smallest absolute Gasteiger partial charge is 0.349 e. The molecule has 2 aromatic heterocycles. The topological polar surface area (TPSA) is 97.1 Å². The number of carbonyl (C=O) groups is 1. The highest BCUT2D eigenvalue weighted by Crippen LogP contribution is 2.12. The maximum atomic E-state index is 12.1. The molecular weight excluding hydrogens is 308 g/mol. The summed E-state index contributed by atoms with van der Waals surface area (Å²) in [5.41, 5.74) is 0.628. The summed E-state index contributed by atoms with van der Waals surface area (Å²) in [6.45, 7) is 2.65. The number of aromatic nitrogens is 2. The van der Waals surface area contributed by atoms with Crippen LogP contribution in [0.25, 0.3) is 11.0 Å². The van der Waals surface area contributed by atoms with Crippen molar-refractivity contribution in [2.45, 2.75) is 6.92 Å². The molecule has 0 spiro atoms. The normalized spacial score (nSPS) is 10.5. The van der Waals surface area contributed by atoms with Crippen molar-refractivity contribution in [3.8, 4) is 0 Å². The van der Waals surface area contributed by atoms with E-state index in [0.29, 0.717) is 29.9 Å². The van der Waals surface area contributed by atoms with E-state index in [2.05, 4.69) is 20.8 Å². The van der Waals surface area contributed by atoms with Crippen LogP contribution in [0, 0.1) is 6.92 Å². The van der Waals surface area contributed by atoms with Crippen LogP contribution in [0.3, 0.4) is 0 Å². The predicted octanol–water partition coefficient (Wildman–Crippen LogP) is 1.73. The van der Waals surface area contributed by atoms with Crippen LogP contribution in [-0.4, -0.2) is 29.2 Å². The Hall–Kier alpha value is -3.22. The van der Waals surface area contributed by atoms with E-state index in [-0.39, 0.29) is 5.56 Å². The van der Waals surface area contributed by atoms with Gasteiger partial charge in [0.15, 0.2) is 0 Å². The Morgan fingerprint density at radius 1 is 1.12 bits per heavy atom. The number of para-hydroxylation sites is 1. The zero-order valence-corrected chi connectivity index (χ0v) is 13.1. The highest BCUT2D eigenvalue weighted by Gasteiger charge is 2.12. The van der Waals surface area contributed by atoms with Gasteiger partial charge in [-0.15, -0.1) is 5.10 Å². The van der Waals surface area contributed by atoms with Crippen molar-refractivity contribution in [3.63, 3.8) is 0 Å². The van der Waals surface area contributed by atoms with E-state index < -0.39 is 11.5 Å². The fourth-order valence-electron chi connectivity index (χ4n) is 2.18. The molecule has 7 heteroatoms. The Kier molecular flexibility index (Phi) is 4.51. The monoisotopic (exact) mass is 324 g/mol. The predicted molar refractivity (Wildman–Crippen MR) is 90.1 cm³/mol. The van der Waals surface area contributed by atoms with Gasteiger partial charge in [-0.2, -0.15) is 5.10 Å². The first-order chi connectivity index (χ1) is 11.6. The van der Waals surface area contributed by atoms with E-state index in [0.717, 1.165) is 5.69 Å². The molecule has 0 fully saturated rings. The molecule has 0 saturated heterocycles. The fourth-order valence-corrected chi connectivity index (χ4v) is 2.18. The van der Waals surface area contributed by atoms with Gasteiger partial charge in [0.1, 0.15) is 17.0 Å². The van der Waals surface area contributed by atoms with Gasteiger partial charge < -0.3 is 15.1 Å². The van der Waals surface area contributed by atoms with Crippen molar-refractivity contribution < 1.29 is 9.21 Å². The van der Waals surface area contributed by atoms with Crippen LogP contribution >= 0.6 is 0 Å². The minimum Gasteiger partial charge on any atom is -0.422 e. The zero-order chi connectivity index (χ0) is 16.9. The molecule has 7 nitrogen and oxygen atoms in total. The molecule has 1 amide bonds. The molecular formula is C17H16N4O3. The standard InChI is InChI=1S/C17H16N4O3/c1-11-6-7-15(21-20-11)18-8-9-19-16(22)13-10-12-4-2-3-5-14(12)24-17(13)23/h2-7,10H,8-9H2,1H3,(H,18,21)(H,19,22). The van der Waals surface area contributed by atoms with Crippen molar-refractivity contribution in [2.75, 3.05) is 18.4 Å². The molecule has 1 aromatic carbocycles. The second-order valence-corrected chi connectivity index (χ2v) is 5.23. The summed E-state index contributed by atoms with van der Waals surface area (Å²) in [7, 11) is 0. The Labute approximate surface area is 137 Å². The Morgan fingerprint density at radius 2 is 1.96 bits per heavy atom. The number of anilines is 1. The summed E-state index contributed by atoms with van der Waals surface area (Å²) in [5.74, 6) is 0.159. The number of hydrogen-bond acceptors (Lipinski definition) is 6. The first-order valence-electron chi connectivity index (χ1n) is 7.49. The number of carbonyl (C=O) groups excluding carboxylic acids is 1. The van der Waals surface area contributed by atoms with Crippen LogP contribution in [0.15, 0.2) is 51.7 Å². The summed E-state index contributed by atoms with van der Waals surface area (Å²) < 4.78 is 5.15. The third-order valence-corrected chi connectivity index (χ3v) is 3.40. The number of nitrogens with one attached hydrogen (secondary N) is 2. The second-order valence-electron chi connectivity index (χ2n) is 5.23. The molecule has 3 aromatic rings. The molecule has 0 saturated carbocycles. The van der Waals surface area contributed by atoms with E-state index in [4.69, 9.17) is 4.42 Å². The number of hydrogen-bond donors (Lipinski definition) is 2. The molecule has 0 aliphatic rings. The highest BCUT2D eigenvalue weighted by atomic mass is 16.4. The van der Waals surface area contributed by atoms with Crippen LogP contribution in [0.1, 0.15) is 16.1 Å². The molecule has 0 aliphatic carbocycles. The van der Waals surface area contributed by atoms with Crippen molar-refractivity contribution >= 4 is 22.7 Å². The average Bonchev–Trinajstić information content (AvgIpc) is 2.59. The van der Waals surface area contributed by atoms with Gasteiger partial charge in [-0.25, -0.2) is 4.79 Å². The quantitative estimate of drug-likeness (QED) is 0.548. The largest absolute Gasteiger partial charge is 0.422 e. The molecule has 2 N–H and O–H groups in total. The summed E-state index contributed by atoms with van der Waals surface area (Å²) in [4.78, 5) is 24.0. The molecule has 0 bridgehead atoms. The van der Waals surface area contributed by atoms with E-state index in [1.165, 1.54) is 6.07 Å². The summed E-state index contributed by atoms with van der Waals surface area (Å²) in [5, 5.41) is 14.3. The van der Waals surface area contributed by atoms with Gasteiger partial charge >= 0.3 is 5.63 Å². The zero-order valence-electron chi connectivity index (χ0n) is 13.1. The molecule has 24 heavy (non-hydrogen) atoms. The average molecular weight is 324 g/mol. The van der Waals surface area contributed by atoms with Gasteiger partial charge in [0.05, 0.1) is 5.69 Å². The minimum absolute atomic E-state index is 0.0103.